The summed E-state index contributed by atoms with van der Waals surface area (Å²) in [6.45, 7) is 5.04. The molecule has 0 spiro atoms. The highest BCUT2D eigenvalue weighted by Crippen LogP contribution is 2.16. The fraction of sp³-hybridized carbons (Fsp3) is 0.304. The van der Waals surface area contributed by atoms with Crippen LogP contribution in [0.25, 0.3) is 11.0 Å². The first-order chi connectivity index (χ1) is 14.4. The molecule has 30 heavy (non-hydrogen) atoms. The molecule has 3 heterocycles. The summed E-state index contributed by atoms with van der Waals surface area (Å²) in [6.07, 6.45) is 3.35. The van der Waals surface area contributed by atoms with Gasteiger partial charge in [0.1, 0.15) is 17.8 Å². The van der Waals surface area contributed by atoms with Crippen molar-refractivity contribution < 1.29 is 9.59 Å². The summed E-state index contributed by atoms with van der Waals surface area (Å²) >= 11 is 0. The van der Waals surface area contributed by atoms with Gasteiger partial charge in [-0.15, -0.1) is 0 Å². The van der Waals surface area contributed by atoms with Crippen LogP contribution in [0.2, 0.25) is 0 Å². The molecule has 0 radical (unpaired) electrons. The Labute approximate surface area is 174 Å². The van der Waals surface area contributed by atoms with E-state index in [1.807, 2.05) is 38.1 Å². The lowest BCUT2D eigenvalue weighted by Gasteiger charge is -2.17. The number of likely N-dealkylation sites (tertiary alicyclic amines) is 1. The van der Waals surface area contributed by atoms with Crippen molar-refractivity contribution in [2.75, 3.05) is 18.4 Å². The van der Waals surface area contributed by atoms with Crippen LogP contribution in [0.1, 0.15) is 34.5 Å². The number of hydrogen-bond acceptors (Lipinski definition) is 4. The quantitative estimate of drug-likeness (QED) is 0.725. The van der Waals surface area contributed by atoms with Gasteiger partial charge >= 0.3 is 0 Å². The lowest BCUT2D eigenvalue weighted by molar-refractivity contribution is -0.116. The SMILES string of the molecule is Cc1ccc(NC(=O)Cn2cc(C(=O)N3CCCC3)c(=O)c3ccc(C)nc32)cc1. The number of rotatable bonds is 4. The topological polar surface area (TPSA) is 84.3 Å². The zero-order chi connectivity index (χ0) is 21.3. The first-order valence-corrected chi connectivity index (χ1v) is 10.1. The van der Waals surface area contributed by atoms with E-state index in [9.17, 15) is 14.4 Å². The van der Waals surface area contributed by atoms with Crippen molar-refractivity contribution in [3.8, 4) is 0 Å². The van der Waals surface area contributed by atoms with E-state index in [2.05, 4.69) is 10.3 Å². The Morgan fingerprint density at radius 3 is 2.43 bits per heavy atom. The van der Waals surface area contributed by atoms with Crippen LogP contribution in [0.15, 0.2) is 47.4 Å². The van der Waals surface area contributed by atoms with Crippen LogP contribution in [0, 0.1) is 13.8 Å². The molecule has 0 bridgehead atoms. The molecule has 1 fully saturated rings. The van der Waals surface area contributed by atoms with E-state index in [0.29, 0.717) is 29.8 Å². The van der Waals surface area contributed by atoms with Crippen LogP contribution in [-0.2, 0) is 11.3 Å². The number of amides is 2. The number of carbonyl (C=O) groups is 2. The highest BCUT2D eigenvalue weighted by molar-refractivity contribution is 5.97. The van der Waals surface area contributed by atoms with E-state index in [1.165, 1.54) is 6.20 Å². The van der Waals surface area contributed by atoms with Crippen LogP contribution in [-0.4, -0.2) is 39.4 Å². The number of nitrogens with one attached hydrogen (secondary N) is 1. The normalized spacial score (nSPS) is 13.6. The number of carbonyl (C=O) groups excluding carboxylic acids is 2. The van der Waals surface area contributed by atoms with Crippen LogP contribution in [0.4, 0.5) is 5.69 Å². The summed E-state index contributed by atoms with van der Waals surface area (Å²) in [7, 11) is 0. The average Bonchev–Trinajstić information content (AvgIpc) is 3.26. The molecule has 1 saturated heterocycles. The Morgan fingerprint density at radius 1 is 1.03 bits per heavy atom. The van der Waals surface area contributed by atoms with Gasteiger partial charge in [0.05, 0.1) is 5.39 Å². The van der Waals surface area contributed by atoms with Crippen LogP contribution < -0.4 is 10.7 Å². The van der Waals surface area contributed by atoms with Crippen molar-refractivity contribution in [2.45, 2.75) is 33.2 Å². The van der Waals surface area contributed by atoms with Gasteiger partial charge in [-0.2, -0.15) is 0 Å². The smallest absolute Gasteiger partial charge is 0.259 e. The van der Waals surface area contributed by atoms with Crippen molar-refractivity contribution >= 4 is 28.5 Å². The van der Waals surface area contributed by atoms with Gasteiger partial charge in [-0.1, -0.05) is 17.7 Å². The molecule has 1 aliphatic rings. The molecular formula is C23H24N4O3. The van der Waals surface area contributed by atoms with Gasteiger partial charge in [0, 0.05) is 30.7 Å². The Balaban J connectivity index is 1.71. The van der Waals surface area contributed by atoms with Crippen molar-refractivity contribution in [2.24, 2.45) is 0 Å². The zero-order valence-electron chi connectivity index (χ0n) is 17.1. The third kappa shape index (κ3) is 3.96. The number of aryl methyl sites for hydroxylation is 2. The van der Waals surface area contributed by atoms with E-state index >= 15 is 0 Å². The Bertz CT molecular complexity index is 1180. The maximum atomic E-state index is 13.0. The van der Waals surface area contributed by atoms with E-state index in [0.717, 1.165) is 24.1 Å². The van der Waals surface area contributed by atoms with E-state index in [1.54, 1.807) is 21.6 Å². The predicted molar refractivity (Wildman–Crippen MR) is 116 cm³/mol. The zero-order valence-corrected chi connectivity index (χ0v) is 17.1. The number of hydrogen-bond donors (Lipinski definition) is 1. The summed E-state index contributed by atoms with van der Waals surface area (Å²) in [4.78, 5) is 44.8. The Kier molecular flexibility index (Phi) is 5.35. The Morgan fingerprint density at radius 2 is 1.73 bits per heavy atom. The molecule has 0 aliphatic carbocycles. The van der Waals surface area contributed by atoms with Gasteiger partial charge in [0.25, 0.3) is 5.91 Å². The van der Waals surface area contributed by atoms with Crippen molar-refractivity contribution in [1.29, 1.82) is 0 Å². The monoisotopic (exact) mass is 404 g/mol. The summed E-state index contributed by atoms with van der Waals surface area (Å²) in [5.41, 5.74) is 2.66. The van der Waals surface area contributed by atoms with Gasteiger partial charge in [-0.25, -0.2) is 4.98 Å². The van der Waals surface area contributed by atoms with Gasteiger partial charge in [0.15, 0.2) is 0 Å². The largest absolute Gasteiger partial charge is 0.338 e. The van der Waals surface area contributed by atoms with Gasteiger partial charge in [-0.05, 0) is 51.0 Å². The number of fused-ring (bicyclic) bond motifs is 1. The standard InChI is InChI=1S/C23H24N4O3/c1-15-5-8-17(9-6-15)25-20(28)14-27-13-19(23(30)26-11-3-4-12-26)21(29)18-10-7-16(2)24-22(18)27/h5-10,13H,3-4,11-12,14H2,1-2H3,(H,25,28). The highest BCUT2D eigenvalue weighted by Gasteiger charge is 2.24. The van der Waals surface area contributed by atoms with Crippen molar-refractivity contribution in [3.05, 3.63) is 69.6 Å². The van der Waals surface area contributed by atoms with E-state index < -0.39 is 0 Å². The molecule has 154 valence electrons. The second-order valence-corrected chi connectivity index (χ2v) is 7.74. The van der Waals surface area contributed by atoms with Crippen LogP contribution in [0.3, 0.4) is 0 Å². The number of anilines is 1. The molecule has 0 saturated carbocycles. The molecule has 1 aliphatic heterocycles. The fourth-order valence-corrected chi connectivity index (χ4v) is 3.72. The molecule has 3 aromatic rings. The number of aromatic nitrogens is 2. The van der Waals surface area contributed by atoms with Gasteiger partial charge in [0.2, 0.25) is 11.3 Å². The van der Waals surface area contributed by atoms with E-state index in [4.69, 9.17) is 0 Å². The second-order valence-electron chi connectivity index (χ2n) is 7.74. The fourth-order valence-electron chi connectivity index (χ4n) is 3.72. The minimum Gasteiger partial charge on any atom is -0.338 e. The molecule has 1 N–H and O–H groups in total. The molecule has 4 rings (SSSR count). The predicted octanol–water partition coefficient (Wildman–Crippen LogP) is 2.89. The molecule has 7 nitrogen and oxygen atoms in total. The summed E-state index contributed by atoms with van der Waals surface area (Å²) in [6, 6.07) is 10.9. The minimum absolute atomic E-state index is 0.0542. The van der Waals surface area contributed by atoms with E-state index in [-0.39, 0.29) is 29.4 Å². The van der Waals surface area contributed by atoms with Crippen LogP contribution >= 0.6 is 0 Å². The molecular weight excluding hydrogens is 380 g/mol. The molecule has 2 aromatic heterocycles. The summed E-state index contributed by atoms with van der Waals surface area (Å²) in [5, 5.41) is 3.20. The first-order valence-electron chi connectivity index (χ1n) is 10.1. The Hall–Kier alpha value is -3.48. The summed E-state index contributed by atoms with van der Waals surface area (Å²) in [5.74, 6) is -0.542. The molecule has 0 atom stereocenters. The lowest BCUT2D eigenvalue weighted by Crippen LogP contribution is -2.33. The molecule has 2 amide bonds. The third-order valence-electron chi connectivity index (χ3n) is 5.33. The van der Waals surface area contributed by atoms with Crippen molar-refractivity contribution in [1.82, 2.24) is 14.5 Å². The lowest BCUT2D eigenvalue weighted by atomic mass is 10.1. The van der Waals surface area contributed by atoms with Crippen LogP contribution in [0.5, 0.6) is 0 Å². The maximum Gasteiger partial charge on any atom is 0.259 e. The first kappa shape index (κ1) is 19.8. The minimum atomic E-state index is -0.343. The molecule has 7 heteroatoms. The van der Waals surface area contributed by atoms with Gasteiger partial charge < -0.3 is 14.8 Å². The third-order valence-corrected chi connectivity index (χ3v) is 5.33. The number of nitrogens with zero attached hydrogens (tertiary/aromatic N) is 3. The van der Waals surface area contributed by atoms with Gasteiger partial charge in [-0.3, -0.25) is 14.4 Å². The summed E-state index contributed by atoms with van der Waals surface area (Å²) < 4.78 is 1.59. The number of benzene rings is 1. The maximum absolute atomic E-state index is 13.0. The molecule has 1 aromatic carbocycles. The second kappa shape index (κ2) is 8.10. The average molecular weight is 404 g/mol. The van der Waals surface area contributed by atoms with Crippen molar-refractivity contribution in [3.63, 3.8) is 0 Å². The highest BCUT2D eigenvalue weighted by atomic mass is 16.2. The molecule has 0 unspecified atom stereocenters. The number of pyridine rings is 2.